The van der Waals surface area contributed by atoms with Crippen molar-refractivity contribution in [3.8, 4) is 0 Å². The number of aryl methyl sites for hydroxylation is 1. The molecule has 2 N–H and O–H groups in total. The van der Waals surface area contributed by atoms with Gasteiger partial charge in [-0.1, -0.05) is 44.0 Å². The van der Waals surface area contributed by atoms with Gasteiger partial charge in [-0.3, -0.25) is 0 Å². The van der Waals surface area contributed by atoms with Crippen LogP contribution in [0, 0.1) is 12.7 Å². The molecule has 0 saturated heterocycles. The van der Waals surface area contributed by atoms with Crippen LogP contribution in [0.15, 0.2) is 45.3 Å². The third-order valence-corrected chi connectivity index (χ3v) is 4.44. The third kappa shape index (κ3) is 3.65. The van der Waals surface area contributed by atoms with Crippen LogP contribution in [0.3, 0.4) is 0 Å². The molecule has 0 heterocycles. The molecule has 4 heteroatoms. The first-order valence-electron chi connectivity index (χ1n) is 5.93. The minimum Gasteiger partial charge on any atom is -0.324 e. The number of hydrogen-bond acceptors (Lipinski definition) is 1. The lowest BCUT2D eigenvalue weighted by atomic mass is 9.98. The monoisotopic (exact) mass is 385 g/mol. The van der Waals surface area contributed by atoms with E-state index in [-0.39, 0.29) is 11.9 Å². The highest BCUT2D eigenvalue weighted by molar-refractivity contribution is 9.10. The molecule has 2 aromatic rings. The van der Waals surface area contributed by atoms with Crippen molar-refractivity contribution in [2.24, 2.45) is 5.73 Å². The summed E-state index contributed by atoms with van der Waals surface area (Å²) in [6.45, 7) is 2.01. The van der Waals surface area contributed by atoms with Crippen molar-refractivity contribution in [2.75, 3.05) is 0 Å². The first kappa shape index (κ1) is 14.7. The van der Waals surface area contributed by atoms with E-state index in [4.69, 9.17) is 5.73 Å². The molecule has 0 fully saturated rings. The first-order chi connectivity index (χ1) is 8.97. The highest BCUT2D eigenvalue weighted by Crippen LogP contribution is 2.24. The molecule has 0 bridgehead atoms. The Morgan fingerprint density at radius 3 is 2.58 bits per heavy atom. The van der Waals surface area contributed by atoms with Crippen molar-refractivity contribution in [2.45, 2.75) is 19.4 Å². The predicted octanol–water partition coefficient (Wildman–Crippen LogP) is 4.90. The van der Waals surface area contributed by atoms with Crippen molar-refractivity contribution < 1.29 is 4.39 Å². The van der Waals surface area contributed by atoms with Gasteiger partial charge in [-0.05, 0) is 54.3 Å². The zero-order chi connectivity index (χ0) is 14.0. The lowest BCUT2D eigenvalue weighted by Gasteiger charge is -2.14. The molecule has 1 nitrogen and oxygen atoms in total. The van der Waals surface area contributed by atoms with Gasteiger partial charge in [-0.15, -0.1) is 0 Å². The van der Waals surface area contributed by atoms with Crippen LogP contribution in [0.2, 0.25) is 0 Å². The minimum absolute atomic E-state index is 0.212. The number of rotatable bonds is 3. The number of halogens is 3. The second-order valence-electron chi connectivity index (χ2n) is 4.55. The highest BCUT2D eigenvalue weighted by atomic mass is 79.9. The van der Waals surface area contributed by atoms with Crippen LogP contribution in [0.1, 0.15) is 22.7 Å². The molecule has 0 amide bonds. The van der Waals surface area contributed by atoms with E-state index in [0.29, 0.717) is 12.0 Å². The maximum absolute atomic E-state index is 13.7. The predicted molar refractivity (Wildman–Crippen MR) is 83.6 cm³/mol. The van der Waals surface area contributed by atoms with E-state index in [1.165, 1.54) is 6.07 Å². The van der Waals surface area contributed by atoms with Crippen molar-refractivity contribution in [3.63, 3.8) is 0 Å². The van der Waals surface area contributed by atoms with E-state index in [2.05, 4.69) is 31.9 Å². The van der Waals surface area contributed by atoms with Gasteiger partial charge < -0.3 is 5.73 Å². The molecule has 100 valence electrons. The molecule has 1 unspecified atom stereocenters. The Labute approximate surface area is 129 Å². The average Bonchev–Trinajstić information content (AvgIpc) is 2.37. The minimum atomic E-state index is -0.215. The normalized spacial score (nSPS) is 12.5. The summed E-state index contributed by atoms with van der Waals surface area (Å²) in [6, 6.07) is 10.7. The zero-order valence-electron chi connectivity index (χ0n) is 10.5. The van der Waals surface area contributed by atoms with Gasteiger partial charge >= 0.3 is 0 Å². The molecule has 0 aromatic heterocycles. The van der Waals surface area contributed by atoms with E-state index < -0.39 is 0 Å². The SMILES string of the molecule is Cc1cc(C(N)Cc2cc(Br)ccc2F)ccc1Br. The molecule has 0 aliphatic carbocycles. The second-order valence-corrected chi connectivity index (χ2v) is 6.32. The molecule has 0 aliphatic rings. The summed E-state index contributed by atoms with van der Waals surface area (Å²) in [6.07, 6.45) is 0.479. The highest BCUT2D eigenvalue weighted by Gasteiger charge is 2.11. The molecular formula is C15H14Br2FN. The molecule has 0 radical (unpaired) electrons. The fourth-order valence-electron chi connectivity index (χ4n) is 1.95. The van der Waals surface area contributed by atoms with Crippen molar-refractivity contribution in [3.05, 3.63) is 67.9 Å². The van der Waals surface area contributed by atoms with Gasteiger partial charge in [0.1, 0.15) is 5.82 Å². The van der Waals surface area contributed by atoms with Crippen LogP contribution in [0.5, 0.6) is 0 Å². The summed E-state index contributed by atoms with van der Waals surface area (Å²) in [5, 5.41) is 0. The summed E-state index contributed by atoms with van der Waals surface area (Å²) in [4.78, 5) is 0. The van der Waals surface area contributed by atoms with Crippen LogP contribution in [-0.2, 0) is 6.42 Å². The molecule has 0 aliphatic heterocycles. The summed E-state index contributed by atoms with van der Waals surface area (Å²) in [5.41, 5.74) is 8.94. The Morgan fingerprint density at radius 2 is 1.89 bits per heavy atom. The van der Waals surface area contributed by atoms with Crippen LogP contribution in [0.25, 0.3) is 0 Å². The first-order valence-corrected chi connectivity index (χ1v) is 7.51. The van der Waals surface area contributed by atoms with Gasteiger partial charge in [-0.2, -0.15) is 0 Å². The van der Waals surface area contributed by atoms with Gasteiger partial charge in [0.2, 0.25) is 0 Å². The van der Waals surface area contributed by atoms with E-state index >= 15 is 0 Å². The fraction of sp³-hybridized carbons (Fsp3) is 0.200. The molecule has 1 atom stereocenters. The average molecular weight is 387 g/mol. The van der Waals surface area contributed by atoms with Crippen molar-refractivity contribution >= 4 is 31.9 Å². The molecule has 0 saturated carbocycles. The van der Waals surface area contributed by atoms with E-state index in [0.717, 1.165) is 20.1 Å². The Morgan fingerprint density at radius 1 is 1.16 bits per heavy atom. The molecular weight excluding hydrogens is 373 g/mol. The Kier molecular flexibility index (Phi) is 4.76. The van der Waals surface area contributed by atoms with Gasteiger partial charge in [0.05, 0.1) is 0 Å². The summed E-state index contributed by atoms with van der Waals surface area (Å²) >= 11 is 6.81. The van der Waals surface area contributed by atoms with Gasteiger partial charge in [0.15, 0.2) is 0 Å². The topological polar surface area (TPSA) is 26.0 Å². The second kappa shape index (κ2) is 6.16. The van der Waals surface area contributed by atoms with Gasteiger partial charge in [0, 0.05) is 15.0 Å². The fourth-order valence-corrected chi connectivity index (χ4v) is 2.61. The zero-order valence-corrected chi connectivity index (χ0v) is 13.6. The van der Waals surface area contributed by atoms with Crippen LogP contribution >= 0.6 is 31.9 Å². The van der Waals surface area contributed by atoms with Crippen LogP contribution in [-0.4, -0.2) is 0 Å². The molecule has 0 spiro atoms. The molecule has 19 heavy (non-hydrogen) atoms. The Hall–Kier alpha value is -0.710. The summed E-state index contributed by atoms with van der Waals surface area (Å²) in [5.74, 6) is -0.215. The molecule has 2 rings (SSSR count). The lowest BCUT2D eigenvalue weighted by Crippen LogP contribution is -2.14. The largest absolute Gasteiger partial charge is 0.324 e. The Balaban J connectivity index is 2.22. The van der Waals surface area contributed by atoms with Crippen molar-refractivity contribution in [1.82, 2.24) is 0 Å². The maximum atomic E-state index is 13.7. The number of benzene rings is 2. The molecule has 2 aromatic carbocycles. The number of hydrogen-bond donors (Lipinski definition) is 1. The maximum Gasteiger partial charge on any atom is 0.126 e. The van der Waals surface area contributed by atoms with Crippen LogP contribution in [0.4, 0.5) is 4.39 Å². The third-order valence-electron chi connectivity index (χ3n) is 3.06. The van der Waals surface area contributed by atoms with E-state index in [1.54, 1.807) is 12.1 Å². The lowest BCUT2D eigenvalue weighted by molar-refractivity contribution is 0.593. The Bertz CT molecular complexity index is 599. The van der Waals surface area contributed by atoms with Gasteiger partial charge in [-0.25, -0.2) is 4.39 Å². The van der Waals surface area contributed by atoms with Gasteiger partial charge in [0.25, 0.3) is 0 Å². The summed E-state index contributed by atoms with van der Waals surface area (Å²) in [7, 11) is 0. The summed E-state index contributed by atoms with van der Waals surface area (Å²) < 4.78 is 15.6. The number of nitrogens with two attached hydrogens (primary N) is 1. The van der Waals surface area contributed by atoms with Crippen molar-refractivity contribution in [1.29, 1.82) is 0 Å². The smallest absolute Gasteiger partial charge is 0.126 e. The van der Waals surface area contributed by atoms with E-state index in [1.807, 2.05) is 25.1 Å². The standard InChI is InChI=1S/C15H14Br2FN/c1-9-6-10(2-4-13(9)17)15(19)8-11-7-12(16)3-5-14(11)18/h2-7,15H,8,19H2,1H3. The van der Waals surface area contributed by atoms with E-state index in [9.17, 15) is 4.39 Å². The van der Waals surface area contributed by atoms with Crippen LogP contribution < -0.4 is 5.73 Å². The quantitative estimate of drug-likeness (QED) is 0.797.